The highest BCUT2D eigenvalue weighted by molar-refractivity contribution is 6.25. The molecule has 0 bridgehead atoms. The van der Waals surface area contributed by atoms with E-state index in [0.29, 0.717) is 0 Å². The molecule has 0 nitrogen and oxygen atoms in total. The third kappa shape index (κ3) is 7.92. The molecule has 0 N–H and O–H groups in total. The van der Waals surface area contributed by atoms with Gasteiger partial charge >= 0.3 is 0 Å². The number of rotatable bonds is 10. The van der Waals surface area contributed by atoms with Gasteiger partial charge < -0.3 is 0 Å². The van der Waals surface area contributed by atoms with Gasteiger partial charge in [0, 0.05) is 0 Å². The molecule has 0 aliphatic carbocycles. The first kappa shape index (κ1) is 46.6. The molecule has 14 aromatic carbocycles. The van der Waals surface area contributed by atoms with Crippen molar-refractivity contribution in [3.05, 3.63) is 302 Å². The molecule has 0 fully saturated rings. The van der Waals surface area contributed by atoms with Crippen LogP contribution in [-0.4, -0.2) is 0 Å². The molecule has 0 spiro atoms. The average molecular weight is 991 g/mol. The molecule has 0 aromatic heterocycles. The second-order valence-electron chi connectivity index (χ2n) is 20.7. The molecule has 0 saturated carbocycles. The Labute approximate surface area is 457 Å². The zero-order valence-electron chi connectivity index (χ0n) is 43.7. The number of hydrogen-bond acceptors (Lipinski definition) is 0. The summed E-state index contributed by atoms with van der Waals surface area (Å²) < 4.78 is 0. The van der Waals surface area contributed by atoms with Crippen molar-refractivity contribution in [3.8, 4) is 111 Å². The lowest BCUT2D eigenvalue weighted by molar-refractivity contribution is 1.43. The predicted octanol–water partition coefficient (Wildman–Crippen LogP) is 21.9. The van der Waals surface area contributed by atoms with Gasteiger partial charge in [-0.1, -0.05) is 267 Å². The molecule has 0 saturated heterocycles. The summed E-state index contributed by atoms with van der Waals surface area (Å²) in [6.45, 7) is 4.70. The smallest absolute Gasteiger partial charge is 0.00141 e. The van der Waals surface area contributed by atoms with Crippen LogP contribution in [0.5, 0.6) is 0 Å². The topological polar surface area (TPSA) is 0 Å². The van der Waals surface area contributed by atoms with E-state index < -0.39 is 0 Å². The molecule has 0 aliphatic rings. The summed E-state index contributed by atoms with van der Waals surface area (Å²) in [5, 5.41) is 7.50. The molecule has 366 valence electrons. The molecular weight excluding hydrogens is 937 g/mol. The Bertz CT molecular complexity index is 4110. The maximum absolute atomic E-state index is 2.47. The van der Waals surface area contributed by atoms with Gasteiger partial charge in [0.05, 0.1) is 0 Å². The maximum Gasteiger partial charge on any atom is -0.00141 e. The second-order valence-corrected chi connectivity index (χ2v) is 20.7. The summed E-state index contributed by atoms with van der Waals surface area (Å²) in [4.78, 5) is 0. The molecular formula is C78H54. The fourth-order valence-corrected chi connectivity index (χ4v) is 12.9. The molecule has 14 rings (SSSR count). The Morgan fingerprint density at radius 2 is 0.308 bits per heavy atom. The van der Waals surface area contributed by atoms with Gasteiger partial charge in [-0.05, 0) is 193 Å². The lowest BCUT2D eigenvalue weighted by Gasteiger charge is -2.28. The van der Waals surface area contributed by atoms with Crippen LogP contribution in [-0.2, 0) is 0 Å². The van der Waals surface area contributed by atoms with Crippen molar-refractivity contribution >= 4 is 32.3 Å². The van der Waals surface area contributed by atoms with Gasteiger partial charge in [-0.25, -0.2) is 0 Å². The fourth-order valence-electron chi connectivity index (χ4n) is 12.9. The van der Waals surface area contributed by atoms with Crippen LogP contribution >= 0.6 is 0 Å². The Hall–Kier alpha value is -9.88. The van der Waals surface area contributed by atoms with E-state index in [1.54, 1.807) is 0 Å². The molecule has 0 unspecified atom stereocenters. The molecule has 0 heterocycles. The van der Waals surface area contributed by atoms with Crippen LogP contribution in [0.2, 0.25) is 0 Å². The second kappa shape index (κ2) is 19.7. The third-order valence-corrected chi connectivity index (χ3v) is 16.1. The highest BCUT2D eigenvalue weighted by Crippen LogP contribution is 2.56. The Kier molecular flexibility index (Phi) is 11.8. The van der Waals surface area contributed by atoms with Crippen molar-refractivity contribution in [3.63, 3.8) is 0 Å². The summed E-state index contributed by atoms with van der Waals surface area (Å²) in [5.74, 6) is 0. The van der Waals surface area contributed by atoms with Crippen LogP contribution in [0.25, 0.3) is 144 Å². The predicted molar refractivity (Wildman–Crippen MR) is 334 cm³/mol. The van der Waals surface area contributed by atoms with Crippen LogP contribution in [0.1, 0.15) is 11.1 Å². The van der Waals surface area contributed by atoms with Crippen LogP contribution in [0, 0.1) is 13.8 Å². The summed E-state index contributed by atoms with van der Waals surface area (Å²) in [5.41, 5.74) is 26.9. The van der Waals surface area contributed by atoms with Crippen LogP contribution in [0.15, 0.2) is 291 Å². The number of hydrogen-bond donors (Lipinski definition) is 0. The van der Waals surface area contributed by atoms with E-state index in [4.69, 9.17) is 0 Å². The van der Waals surface area contributed by atoms with Gasteiger partial charge in [0.25, 0.3) is 0 Å². The molecule has 0 amide bonds. The highest BCUT2D eigenvalue weighted by atomic mass is 14.3. The summed E-state index contributed by atoms with van der Waals surface area (Å²) >= 11 is 0. The molecule has 14 aromatic rings. The molecule has 78 heavy (non-hydrogen) atoms. The maximum atomic E-state index is 2.47. The van der Waals surface area contributed by atoms with Gasteiger partial charge in [-0.15, -0.1) is 0 Å². The van der Waals surface area contributed by atoms with Gasteiger partial charge in [-0.3, -0.25) is 0 Å². The first-order chi connectivity index (χ1) is 38.6. The van der Waals surface area contributed by atoms with E-state index in [0.717, 1.165) is 0 Å². The minimum absolute atomic E-state index is 1.19. The zero-order valence-corrected chi connectivity index (χ0v) is 43.7. The molecule has 0 radical (unpaired) electrons. The van der Waals surface area contributed by atoms with E-state index in [-0.39, 0.29) is 0 Å². The standard InChI is InChI=1S/C78H54/c1-51-67(53-27-11-3-12-28-53)73(55-31-15-5-16-32-55)77(59-39-23-9-24-40-59)75(57-35-19-7-20-36-57)69(51)65-47-61-43-45-63-49-66(50-64-46-44-62(48-65)71(61)72(63)64)70-52(2)68(54-29-13-4-14-30-54)74(56-33-17-6-18-34-56)78(60-41-25-10-26-42-60)76(70)58-37-21-8-22-38-58/h3-50H,1-2H3. The summed E-state index contributed by atoms with van der Waals surface area (Å²) in [6.07, 6.45) is 0. The van der Waals surface area contributed by atoms with Crippen molar-refractivity contribution in [2.45, 2.75) is 13.8 Å². The monoisotopic (exact) mass is 990 g/mol. The average Bonchev–Trinajstić information content (AvgIpc) is 3.52. The SMILES string of the molecule is Cc1c(-c2ccccc2)c(-c2ccccc2)c(-c2ccccc2)c(-c2ccccc2)c1-c1cc2ccc3cc(-c4c(C)c(-c5ccccc5)c(-c5ccccc5)c(-c5ccccc5)c4-c4ccccc4)cc4ccc(c1)c2c34. The quantitative estimate of drug-likeness (QED) is 0.120. The van der Waals surface area contributed by atoms with E-state index in [9.17, 15) is 0 Å². The fraction of sp³-hybridized carbons (Fsp3) is 0.0256. The van der Waals surface area contributed by atoms with Gasteiger partial charge in [0.15, 0.2) is 0 Å². The van der Waals surface area contributed by atoms with Gasteiger partial charge in [-0.2, -0.15) is 0 Å². The lowest BCUT2D eigenvalue weighted by atomic mass is 9.75. The Morgan fingerprint density at radius 3 is 0.500 bits per heavy atom. The van der Waals surface area contributed by atoms with Crippen LogP contribution in [0.3, 0.4) is 0 Å². The normalized spacial score (nSPS) is 11.5. The van der Waals surface area contributed by atoms with E-state index in [2.05, 4.69) is 305 Å². The van der Waals surface area contributed by atoms with Crippen LogP contribution < -0.4 is 0 Å². The van der Waals surface area contributed by atoms with Crippen molar-refractivity contribution in [1.29, 1.82) is 0 Å². The molecule has 0 heteroatoms. The first-order valence-corrected chi connectivity index (χ1v) is 27.2. The first-order valence-electron chi connectivity index (χ1n) is 27.2. The Balaban J connectivity index is 1.05. The van der Waals surface area contributed by atoms with Crippen LogP contribution in [0.4, 0.5) is 0 Å². The van der Waals surface area contributed by atoms with E-state index in [1.165, 1.54) is 155 Å². The summed E-state index contributed by atoms with van der Waals surface area (Å²) in [7, 11) is 0. The van der Waals surface area contributed by atoms with E-state index in [1.807, 2.05) is 0 Å². The number of benzene rings is 14. The van der Waals surface area contributed by atoms with Gasteiger partial charge in [0.2, 0.25) is 0 Å². The lowest BCUT2D eigenvalue weighted by Crippen LogP contribution is -2.02. The summed E-state index contributed by atoms with van der Waals surface area (Å²) in [6, 6.07) is 108. The van der Waals surface area contributed by atoms with Gasteiger partial charge in [0.1, 0.15) is 0 Å². The van der Waals surface area contributed by atoms with Crippen molar-refractivity contribution in [2.24, 2.45) is 0 Å². The Morgan fingerprint density at radius 1 is 0.154 bits per heavy atom. The molecule has 0 aliphatic heterocycles. The highest BCUT2D eigenvalue weighted by Gasteiger charge is 2.29. The zero-order chi connectivity index (χ0) is 52.1. The molecule has 0 atom stereocenters. The minimum Gasteiger partial charge on any atom is -0.0622 e. The largest absolute Gasteiger partial charge is 0.0622 e. The van der Waals surface area contributed by atoms with E-state index >= 15 is 0 Å². The van der Waals surface area contributed by atoms with Crippen molar-refractivity contribution in [1.82, 2.24) is 0 Å². The third-order valence-electron chi connectivity index (χ3n) is 16.1. The van der Waals surface area contributed by atoms with Crippen molar-refractivity contribution < 1.29 is 0 Å². The van der Waals surface area contributed by atoms with Crippen molar-refractivity contribution in [2.75, 3.05) is 0 Å². The minimum atomic E-state index is 1.19.